The van der Waals surface area contributed by atoms with Gasteiger partial charge >= 0.3 is 0 Å². The van der Waals surface area contributed by atoms with Crippen molar-refractivity contribution in [1.29, 1.82) is 0 Å². The highest BCUT2D eigenvalue weighted by atomic mass is 31.1. The van der Waals surface area contributed by atoms with E-state index >= 15 is 0 Å². The highest BCUT2D eigenvalue weighted by Crippen LogP contribution is 2.62. The standard InChI is InChI=1S/C27H50N2P2Si/c1-26(2,3)31(27(4,5)6)20-21-14-15-23(32(7,8)9)18-22(21)19-30(24-12-10-16-28-24)25-13-11-17-29-25/h14-15,18,24-25,28-29H,10-13,16-17,19-20H2,1-9H3. The zero-order chi connectivity index (χ0) is 23.7. The van der Waals surface area contributed by atoms with Crippen molar-refractivity contribution in [3.05, 3.63) is 29.3 Å². The zero-order valence-electron chi connectivity index (χ0n) is 22.4. The van der Waals surface area contributed by atoms with Gasteiger partial charge in [0, 0.05) is 11.6 Å². The van der Waals surface area contributed by atoms with Gasteiger partial charge in [0.2, 0.25) is 0 Å². The van der Waals surface area contributed by atoms with Crippen molar-refractivity contribution in [2.75, 3.05) is 13.1 Å². The molecule has 0 bridgehead atoms. The van der Waals surface area contributed by atoms with Gasteiger partial charge in [-0.2, -0.15) is 0 Å². The Kier molecular flexibility index (Phi) is 8.76. The van der Waals surface area contributed by atoms with Crippen molar-refractivity contribution < 1.29 is 0 Å². The van der Waals surface area contributed by atoms with E-state index in [1.165, 1.54) is 51.1 Å². The Bertz CT molecular complexity index is 718. The number of rotatable bonds is 7. The fraction of sp³-hybridized carbons (Fsp3) is 0.778. The van der Waals surface area contributed by atoms with E-state index in [1.807, 2.05) is 0 Å². The largest absolute Gasteiger partial charge is 0.310 e. The van der Waals surface area contributed by atoms with Gasteiger partial charge in [-0.1, -0.05) is 100 Å². The van der Waals surface area contributed by atoms with Crippen molar-refractivity contribution in [3.63, 3.8) is 0 Å². The molecule has 5 heteroatoms. The number of nitrogens with one attached hydrogen (secondary N) is 2. The minimum atomic E-state index is -1.33. The fourth-order valence-electron chi connectivity index (χ4n) is 5.58. The molecule has 1 aromatic carbocycles. The van der Waals surface area contributed by atoms with E-state index in [9.17, 15) is 0 Å². The van der Waals surface area contributed by atoms with Crippen LogP contribution >= 0.6 is 15.8 Å². The molecule has 2 N–H and O–H groups in total. The lowest BCUT2D eigenvalue weighted by molar-refractivity contribution is 0.702. The van der Waals surface area contributed by atoms with Crippen LogP contribution < -0.4 is 15.8 Å². The molecule has 182 valence electrons. The SMILES string of the molecule is CC(C)(C)P(Cc1ccc([Si](C)(C)C)cc1CP(C1CCCN1)C1CCCN1)C(C)(C)C. The Morgan fingerprint density at radius 2 is 1.34 bits per heavy atom. The van der Waals surface area contributed by atoms with Gasteiger partial charge in [-0.3, -0.25) is 0 Å². The molecule has 2 fully saturated rings. The fourth-order valence-corrected chi connectivity index (χ4v) is 13.7. The van der Waals surface area contributed by atoms with E-state index in [4.69, 9.17) is 0 Å². The van der Waals surface area contributed by atoms with Crippen LogP contribution in [0.2, 0.25) is 19.6 Å². The number of hydrogen-bond donors (Lipinski definition) is 2. The summed E-state index contributed by atoms with van der Waals surface area (Å²) in [6.07, 6.45) is 8.04. The maximum atomic E-state index is 3.91. The third-order valence-corrected chi connectivity index (χ3v) is 16.4. The molecule has 2 heterocycles. The maximum Gasteiger partial charge on any atom is 0.0776 e. The highest BCUT2D eigenvalue weighted by molar-refractivity contribution is 7.60. The molecule has 0 aliphatic carbocycles. The van der Waals surface area contributed by atoms with Gasteiger partial charge in [0.1, 0.15) is 0 Å². The predicted molar refractivity (Wildman–Crippen MR) is 152 cm³/mol. The van der Waals surface area contributed by atoms with E-state index in [0.717, 1.165) is 11.6 Å². The van der Waals surface area contributed by atoms with Gasteiger partial charge in [0.15, 0.2) is 0 Å². The molecule has 0 aromatic heterocycles. The predicted octanol–water partition coefficient (Wildman–Crippen LogP) is 7.21. The molecule has 2 aliphatic heterocycles. The molecule has 0 radical (unpaired) electrons. The van der Waals surface area contributed by atoms with Gasteiger partial charge in [-0.15, -0.1) is 0 Å². The summed E-state index contributed by atoms with van der Waals surface area (Å²) in [6.45, 7) is 24.8. The van der Waals surface area contributed by atoms with Gasteiger partial charge < -0.3 is 10.6 Å². The minimum absolute atomic E-state index is 0.0844. The first-order chi connectivity index (χ1) is 14.8. The Hall–Kier alpha value is 0.217. The monoisotopic (exact) mass is 492 g/mol. The summed E-state index contributed by atoms with van der Waals surface area (Å²) in [5.41, 5.74) is 3.35. The molecule has 32 heavy (non-hydrogen) atoms. The van der Waals surface area contributed by atoms with Crippen LogP contribution in [0.25, 0.3) is 0 Å². The highest BCUT2D eigenvalue weighted by Gasteiger charge is 2.36. The van der Waals surface area contributed by atoms with E-state index in [1.54, 1.807) is 16.3 Å². The lowest BCUT2D eigenvalue weighted by Crippen LogP contribution is -2.38. The normalized spacial score (nSPS) is 23.8. The van der Waals surface area contributed by atoms with Crippen LogP contribution in [-0.4, -0.2) is 43.0 Å². The lowest BCUT2D eigenvalue weighted by Gasteiger charge is -2.42. The number of hydrogen-bond acceptors (Lipinski definition) is 2. The molecule has 0 saturated carbocycles. The summed E-state index contributed by atoms with van der Waals surface area (Å²) in [5.74, 6) is 1.49. The van der Waals surface area contributed by atoms with Crippen molar-refractivity contribution in [2.45, 2.75) is 121 Å². The molecule has 1 aromatic rings. The summed E-state index contributed by atoms with van der Waals surface area (Å²) in [6, 6.07) is 7.71. The Morgan fingerprint density at radius 3 is 1.75 bits per heavy atom. The third-order valence-electron chi connectivity index (χ3n) is 7.24. The summed E-state index contributed by atoms with van der Waals surface area (Å²) in [4.78, 5) is 0. The molecule has 0 spiro atoms. The van der Waals surface area contributed by atoms with Crippen LogP contribution in [0, 0.1) is 0 Å². The lowest BCUT2D eigenvalue weighted by atomic mass is 10.1. The summed E-state index contributed by atoms with van der Waals surface area (Å²) in [5, 5.41) is 10.2. The van der Waals surface area contributed by atoms with Crippen molar-refractivity contribution in [2.24, 2.45) is 0 Å². The first-order valence-corrected chi connectivity index (χ1v) is 19.6. The second-order valence-corrected chi connectivity index (χ2v) is 24.6. The molecule has 0 amide bonds. The van der Waals surface area contributed by atoms with Gasteiger partial charge in [-0.25, -0.2) is 0 Å². The van der Waals surface area contributed by atoms with Crippen LogP contribution in [0.15, 0.2) is 18.2 Å². The molecular weight excluding hydrogens is 442 g/mol. The van der Waals surface area contributed by atoms with Crippen molar-refractivity contribution >= 4 is 29.1 Å². The average Bonchev–Trinajstić information content (AvgIpc) is 3.36. The van der Waals surface area contributed by atoms with E-state index in [2.05, 4.69) is 90.0 Å². The van der Waals surface area contributed by atoms with Gasteiger partial charge in [0.25, 0.3) is 0 Å². The summed E-state index contributed by atoms with van der Waals surface area (Å²) in [7, 11) is -1.55. The molecule has 2 saturated heterocycles. The first kappa shape index (κ1) is 26.8. The second kappa shape index (κ2) is 10.5. The maximum absolute atomic E-state index is 3.91. The Labute approximate surface area is 203 Å². The summed E-state index contributed by atoms with van der Waals surface area (Å²) >= 11 is 0. The van der Waals surface area contributed by atoms with Crippen LogP contribution in [-0.2, 0) is 12.3 Å². The molecule has 2 atom stereocenters. The topological polar surface area (TPSA) is 24.1 Å². The third kappa shape index (κ3) is 6.88. The van der Waals surface area contributed by atoms with Gasteiger partial charge in [-0.05, 0) is 72.5 Å². The first-order valence-electron chi connectivity index (χ1n) is 12.9. The average molecular weight is 493 g/mol. The van der Waals surface area contributed by atoms with E-state index in [0.29, 0.717) is 10.3 Å². The molecule has 3 rings (SSSR count). The Morgan fingerprint density at radius 1 is 0.812 bits per heavy atom. The molecular formula is C27H50N2P2Si. The molecule has 2 unspecified atom stereocenters. The van der Waals surface area contributed by atoms with Gasteiger partial charge in [0.05, 0.1) is 8.07 Å². The molecule has 2 aliphatic rings. The Balaban J connectivity index is 1.98. The zero-order valence-corrected chi connectivity index (χ0v) is 25.2. The van der Waals surface area contributed by atoms with Crippen molar-refractivity contribution in [3.8, 4) is 0 Å². The van der Waals surface area contributed by atoms with Crippen LogP contribution in [0.3, 0.4) is 0 Å². The smallest absolute Gasteiger partial charge is 0.0776 e. The van der Waals surface area contributed by atoms with Crippen molar-refractivity contribution in [1.82, 2.24) is 10.6 Å². The van der Waals surface area contributed by atoms with Crippen LogP contribution in [0.4, 0.5) is 0 Å². The van der Waals surface area contributed by atoms with E-state index in [-0.39, 0.29) is 15.8 Å². The summed E-state index contributed by atoms with van der Waals surface area (Å²) < 4.78 is 0. The van der Waals surface area contributed by atoms with E-state index < -0.39 is 8.07 Å². The van der Waals surface area contributed by atoms with Crippen LogP contribution in [0.5, 0.6) is 0 Å². The molecule has 2 nitrogen and oxygen atoms in total. The minimum Gasteiger partial charge on any atom is -0.310 e. The second-order valence-electron chi connectivity index (χ2n) is 13.1. The quantitative estimate of drug-likeness (QED) is 0.310. The van der Waals surface area contributed by atoms with Crippen LogP contribution in [0.1, 0.15) is 78.4 Å². The number of benzene rings is 1.